The predicted octanol–water partition coefficient (Wildman–Crippen LogP) is 0.299. The molecule has 0 aromatic heterocycles. The zero-order chi connectivity index (χ0) is 23.9. The van der Waals surface area contributed by atoms with Crippen molar-refractivity contribution in [3.8, 4) is 28.7 Å². The molecular formula is C23H22O11. The van der Waals surface area contributed by atoms with Crippen LogP contribution in [-0.4, -0.2) is 85.5 Å². The number of benzene rings is 3. The van der Waals surface area contributed by atoms with Crippen molar-refractivity contribution < 1.29 is 54.7 Å². The van der Waals surface area contributed by atoms with Crippen LogP contribution < -0.4 is 4.74 Å². The van der Waals surface area contributed by atoms with Crippen molar-refractivity contribution in [2.24, 2.45) is 0 Å². The Morgan fingerprint density at radius 2 is 1.29 bits per heavy atom. The largest absolute Gasteiger partial charge is 0.504 e. The van der Waals surface area contributed by atoms with Crippen LogP contribution in [0, 0.1) is 0 Å². The van der Waals surface area contributed by atoms with E-state index in [0.29, 0.717) is 32.9 Å². The fraction of sp³-hybridized carbons (Fsp3) is 0.391. The third-order valence-corrected chi connectivity index (χ3v) is 6.73. The number of phenolic OH excluding ortho intramolecular Hbond substituents is 4. The molecule has 34 heavy (non-hydrogen) atoms. The van der Waals surface area contributed by atoms with E-state index in [9.17, 15) is 35.7 Å². The molecule has 0 spiro atoms. The van der Waals surface area contributed by atoms with Gasteiger partial charge in [0.1, 0.15) is 36.3 Å². The first-order chi connectivity index (χ1) is 16.3. The molecule has 3 aliphatic rings. The Morgan fingerprint density at radius 3 is 1.94 bits per heavy atom. The van der Waals surface area contributed by atoms with Crippen LogP contribution in [0.1, 0.15) is 5.56 Å². The Labute approximate surface area is 191 Å². The number of rotatable bonds is 1. The standard InChI is InChI=1S/C23H22O11/c24-6-17-18(29)19(30)21-23(32-17)31-16-5-11-9-3-13(26)12(25)1-7(9)8-2-14(27)15(28)4-10(8)20(11)33-22(16)34-21/h1-4,16-19,21-30H,5-6H2. The molecule has 3 aliphatic heterocycles. The van der Waals surface area contributed by atoms with Crippen LogP contribution in [-0.2, 0) is 20.6 Å². The summed E-state index contributed by atoms with van der Waals surface area (Å²) in [4.78, 5) is 0. The van der Waals surface area contributed by atoms with Gasteiger partial charge in [-0.2, -0.15) is 0 Å². The Hall–Kier alpha value is -3.06. The normalized spacial score (nSPS) is 32.6. The quantitative estimate of drug-likeness (QED) is 0.191. The second-order valence-electron chi connectivity index (χ2n) is 8.75. The molecule has 0 amide bonds. The van der Waals surface area contributed by atoms with Gasteiger partial charge in [-0.05, 0) is 40.4 Å². The maximum atomic E-state index is 10.5. The summed E-state index contributed by atoms with van der Waals surface area (Å²) < 4.78 is 23.6. The average molecular weight is 474 g/mol. The Kier molecular flexibility index (Phi) is 4.72. The van der Waals surface area contributed by atoms with Crippen molar-refractivity contribution in [1.82, 2.24) is 0 Å². The van der Waals surface area contributed by atoms with Gasteiger partial charge in [0.25, 0.3) is 0 Å². The van der Waals surface area contributed by atoms with Gasteiger partial charge in [0.05, 0.1) is 6.61 Å². The van der Waals surface area contributed by atoms with Crippen LogP contribution in [0.5, 0.6) is 28.7 Å². The van der Waals surface area contributed by atoms with E-state index in [1.165, 1.54) is 24.3 Å². The number of fused-ring (bicyclic) bond motifs is 8. The van der Waals surface area contributed by atoms with E-state index in [2.05, 4.69) is 0 Å². The lowest BCUT2D eigenvalue weighted by atomic mass is 9.90. The fourth-order valence-corrected chi connectivity index (χ4v) is 5.01. The van der Waals surface area contributed by atoms with Gasteiger partial charge in [0, 0.05) is 17.4 Å². The van der Waals surface area contributed by atoms with Crippen LogP contribution >= 0.6 is 0 Å². The number of hydrogen-bond acceptors (Lipinski definition) is 11. The van der Waals surface area contributed by atoms with Crippen molar-refractivity contribution in [2.45, 2.75) is 49.5 Å². The van der Waals surface area contributed by atoms with Crippen molar-refractivity contribution in [2.75, 3.05) is 6.61 Å². The third-order valence-electron chi connectivity index (χ3n) is 6.73. The fourth-order valence-electron chi connectivity index (χ4n) is 5.01. The Morgan fingerprint density at radius 1 is 0.706 bits per heavy atom. The Bertz CT molecular complexity index is 1310. The van der Waals surface area contributed by atoms with Crippen LogP contribution in [0.2, 0.25) is 0 Å². The third kappa shape index (κ3) is 2.99. The summed E-state index contributed by atoms with van der Waals surface area (Å²) in [6, 6.07) is 5.39. The van der Waals surface area contributed by atoms with E-state index in [4.69, 9.17) is 18.9 Å². The molecule has 11 nitrogen and oxygen atoms in total. The minimum atomic E-state index is -1.39. The number of aromatic hydroxyl groups is 4. The van der Waals surface area contributed by atoms with Crippen molar-refractivity contribution in [1.29, 1.82) is 0 Å². The molecule has 3 heterocycles. The molecule has 0 bridgehead atoms. The van der Waals surface area contributed by atoms with Crippen molar-refractivity contribution >= 4 is 21.5 Å². The summed E-state index contributed by atoms with van der Waals surface area (Å²) in [5.41, 5.74) is 0.598. The maximum Gasteiger partial charge on any atom is 0.227 e. The van der Waals surface area contributed by atoms with Crippen molar-refractivity contribution in [3.63, 3.8) is 0 Å². The maximum absolute atomic E-state index is 10.5. The van der Waals surface area contributed by atoms with Crippen LogP contribution in [0.4, 0.5) is 0 Å². The molecule has 7 N–H and O–H groups in total. The highest BCUT2D eigenvalue weighted by molar-refractivity contribution is 6.14. The smallest absolute Gasteiger partial charge is 0.227 e. The number of aliphatic hydroxyl groups excluding tert-OH is 3. The van der Waals surface area contributed by atoms with Crippen molar-refractivity contribution in [3.05, 3.63) is 29.8 Å². The molecule has 3 aromatic carbocycles. The first kappa shape index (κ1) is 21.5. The first-order valence-corrected chi connectivity index (χ1v) is 10.7. The molecule has 6 rings (SSSR count). The van der Waals surface area contributed by atoms with Gasteiger partial charge >= 0.3 is 0 Å². The lowest BCUT2D eigenvalue weighted by Crippen LogP contribution is -2.66. The molecule has 2 saturated heterocycles. The van der Waals surface area contributed by atoms with Crippen LogP contribution in [0.25, 0.3) is 21.5 Å². The van der Waals surface area contributed by atoms with Crippen LogP contribution in [0.15, 0.2) is 24.3 Å². The number of aliphatic hydroxyl groups is 3. The van der Waals surface area contributed by atoms with Gasteiger partial charge < -0.3 is 54.7 Å². The summed E-state index contributed by atoms with van der Waals surface area (Å²) in [5, 5.41) is 72.5. The van der Waals surface area contributed by atoms with E-state index in [1.54, 1.807) is 0 Å². The van der Waals surface area contributed by atoms with E-state index in [1.807, 2.05) is 0 Å². The average Bonchev–Trinajstić information content (AvgIpc) is 2.82. The van der Waals surface area contributed by atoms with E-state index >= 15 is 0 Å². The molecule has 3 aromatic rings. The molecule has 0 radical (unpaired) electrons. The number of hydrogen-bond donors (Lipinski definition) is 7. The zero-order valence-corrected chi connectivity index (χ0v) is 17.5. The SMILES string of the molecule is OCC1OC2OC3Cc4c(c5cc(O)c(O)cc5c5cc(O)c(O)cc45)OC3OC2C(O)C1O. The molecule has 2 fully saturated rings. The van der Waals surface area contributed by atoms with Gasteiger partial charge in [-0.25, -0.2) is 0 Å². The van der Waals surface area contributed by atoms with E-state index in [-0.39, 0.29) is 29.4 Å². The van der Waals surface area contributed by atoms with Gasteiger partial charge in [0.2, 0.25) is 6.29 Å². The van der Waals surface area contributed by atoms with E-state index < -0.39 is 49.7 Å². The first-order valence-electron chi connectivity index (χ1n) is 10.7. The summed E-state index contributed by atoms with van der Waals surface area (Å²) in [6.45, 7) is -0.520. The predicted molar refractivity (Wildman–Crippen MR) is 114 cm³/mol. The molecule has 0 saturated carbocycles. The molecular weight excluding hydrogens is 452 g/mol. The minimum absolute atomic E-state index is 0.216. The van der Waals surface area contributed by atoms with Gasteiger partial charge in [-0.1, -0.05) is 0 Å². The summed E-state index contributed by atoms with van der Waals surface area (Å²) in [5.74, 6) is -1.14. The number of ether oxygens (including phenoxy) is 4. The Balaban J connectivity index is 1.49. The van der Waals surface area contributed by atoms with Gasteiger partial charge in [0.15, 0.2) is 29.3 Å². The summed E-state index contributed by atoms with van der Waals surface area (Å²) >= 11 is 0. The summed E-state index contributed by atoms with van der Waals surface area (Å²) in [6.07, 6.45) is -7.47. The lowest BCUT2D eigenvalue weighted by Gasteiger charge is -2.49. The lowest BCUT2D eigenvalue weighted by molar-refractivity contribution is -0.390. The molecule has 7 atom stereocenters. The highest BCUT2D eigenvalue weighted by Crippen LogP contribution is 2.49. The van der Waals surface area contributed by atoms with Gasteiger partial charge in [-0.3, -0.25) is 0 Å². The molecule has 7 unspecified atom stereocenters. The zero-order valence-electron chi connectivity index (χ0n) is 17.5. The summed E-state index contributed by atoms with van der Waals surface area (Å²) in [7, 11) is 0. The molecule has 11 heteroatoms. The topological polar surface area (TPSA) is 179 Å². The monoisotopic (exact) mass is 474 g/mol. The van der Waals surface area contributed by atoms with Crippen LogP contribution in [0.3, 0.4) is 0 Å². The highest BCUT2D eigenvalue weighted by Gasteiger charge is 2.53. The second-order valence-corrected chi connectivity index (χ2v) is 8.75. The molecule has 180 valence electrons. The van der Waals surface area contributed by atoms with Gasteiger partial charge in [-0.15, -0.1) is 0 Å². The minimum Gasteiger partial charge on any atom is -0.504 e. The highest BCUT2D eigenvalue weighted by atomic mass is 16.8. The number of phenols is 4. The molecule has 0 aliphatic carbocycles. The second kappa shape index (κ2) is 7.47. The van der Waals surface area contributed by atoms with E-state index in [0.717, 1.165) is 0 Å².